The average molecular weight is 292 g/mol. The van der Waals surface area contributed by atoms with E-state index in [-0.39, 0.29) is 0 Å². The molecular weight excluding hydrogens is 260 g/mol. The predicted octanol–water partition coefficient (Wildman–Crippen LogP) is 3.63. The molecule has 116 valence electrons. The van der Waals surface area contributed by atoms with Crippen LogP contribution in [0.15, 0.2) is 0 Å². The third-order valence-electron chi connectivity index (χ3n) is 2.79. The number of rotatable bonds is 14. The second-order valence-corrected chi connectivity index (χ2v) is 7.14. The van der Waals surface area contributed by atoms with Crippen molar-refractivity contribution in [1.82, 2.24) is 0 Å². The Labute approximate surface area is 120 Å². The lowest BCUT2D eigenvalue weighted by Crippen LogP contribution is -2.46. The standard InChI is InChI=1S/C14H32O4Si/c1-5-9-10-11-12-15-13-14-19(16-6-2,17-7-3)18-8-4/h5-14H2,1-4H3. The molecule has 4 nitrogen and oxygen atoms in total. The van der Waals surface area contributed by atoms with E-state index in [1.54, 1.807) is 0 Å². The van der Waals surface area contributed by atoms with Gasteiger partial charge in [-0.15, -0.1) is 0 Å². The highest BCUT2D eigenvalue weighted by Gasteiger charge is 2.39. The molecule has 0 atom stereocenters. The van der Waals surface area contributed by atoms with E-state index >= 15 is 0 Å². The second-order valence-electron chi connectivity index (χ2n) is 4.41. The van der Waals surface area contributed by atoms with E-state index in [1.807, 2.05) is 20.8 Å². The summed E-state index contributed by atoms with van der Waals surface area (Å²) in [6.45, 7) is 11.5. The van der Waals surface area contributed by atoms with Crippen LogP contribution in [-0.2, 0) is 18.0 Å². The lowest BCUT2D eigenvalue weighted by atomic mass is 10.2. The van der Waals surface area contributed by atoms with Crippen LogP contribution in [0.5, 0.6) is 0 Å². The molecule has 0 fully saturated rings. The maximum Gasteiger partial charge on any atom is 0.503 e. The number of hydrogen-bond acceptors (Lipinski definition) is 4. The Balaban J connectivity index is 3.89. The fourth-order valence-electron chi connectivity index (χ4n) is 1.93. The normalized spacial score (nSPS) is 12.0. The molecule has 0 spiro atoms. The van der Waals surface area contributed by atoms with Crippen LogP contribution in [0.4, 0.5) is 0 Å². The van der Waals surface area contributed by atoms with Gasteiger partial charge in [0.15, 0.2) is 0 Å². The van der Waals surface area contributed by atoms with Crippen molar-refractivity contribution in [2.24, 2.45) is 0 Å². The van der Waals surface area contributed by atoms with E-state index in [0.717, 1.165) is 19.1 Å². The summed E-state index contributed by atoms with van der Waals surface area (Å²) in [6.07, 6.45) is 4.94. The average Bonchev–Trinajstić information content (AvgIpc) is 2.39. The van der Waals surface area contributed by atoms with E-state index in [0.29, 0.717) is 26.4 Å². The topological polar surface area (TPSA) is 36.9 Å². The first-order chi connectivity index (χ1) is 9.24. The molecule has 19 heavy (non-hydrogen) atoms. The Morgan fingerprint density at radius 2 is 1.26 bits per heavy atom. The molecule has 0 aliphatic heterocycles. The van der Waals surface area contributed by atoms with Gasteiger partial charge in [-0.25, -0.2) is 0 Å². The smallest absolute Gasteiger partial charge is 0.381 e. The molecule has 0 aliphatic rings. The molecule has 5 heteroatoms. The summed E-state index contributed by atoms with van der Waals surface area (Å²) in [6, 6.07) is 0.746. The van der Waals surface area contributed by atoms with Gasteiger partial charge in [0.25, 0.3) is 0 Å². The zero-order chi connectivity index (χ0) is 14.4. The van der Waals surface area contributed by atoms with Gasteiger partial charge in [-0.3, -0.25) is 0 Å². The van der Waals surface area contributed by atoms with Gasteiger partial charge in [-0.05, 0) is 27.2 Å². The number of unbranched alkanes of at least 4 members (excludes halogenated alkanes) is 3. The van der Waals surface area contributed by atoms with Gasteiger partial charge in [-0.1, -0.05) is 26.2 Å². The van der Waals surface area contributed by atoms with E-state index in [2.05, 4.69) is 6.92 Å². The Hall–Kier alpha value is 0.0569. The van der Waals surface area contributed by atoms with Crippen LogP contribution in [0.1, 0.15) is 53.4 Å². The van der Waals surface area contributed by atoms with Gasteiger partial charge >= 0.3 is 8.80 Å². The molecule has 0 saturated carbocycles. The van der Waals surface area contributed by atoms with Crippen molar-refractivity contribution in [3.05, 3.63) is 0 Å². The van der Waals surface area contributed by atoms with Gasteiger partial charge in [0.1, 0.15) is 0 Å². The molecule has 0 radical (unpaired) electrons. The Bertz CT molecular complexity index is 173. The van der Waals surface area contributed by atoms with Gasteiger partial charge in [0.2, 0.25) is 0 Å². The van der Waals surface area contributed by atoms with E-state index < -0.39 is 8.80 Å². The Morgan fingerprint density at radius 1 is 0.684 bits per heavy atom. The van der Waals surface area contributed by atoms with Gasteiger partial charge in [0.05, 0.1) is 6.61 Å². The van der Waals surface area contributed by atoms with E-state index in [9.17, 15) is 0 Å². The molecule has 0 unspecified atom stereocenters. The summed E-state index contributed by atoms with van der Waals surface area (Å²) in [5, 5.41) is 0. The summed E-state index contributed by atoms with van der Waals surface area (Å²) < 4.78 is 23.0. The van der Waals surface area contributed by atoms with Crippen molar-refractivity contribution in [2.75, 3.05) is 33.0 Å². The van der Waals surface area contributed by atoms with Crippen molar-refractivity contribution in [3.8, 4) is 0 Å². The lowest BCUT2D eigenvalue weighted by molar-refractivity contribution is 0.0573. The van der Waals surface area contributed by atoms with Gasteiger partial charge in [0, 0.05) is 32.5 Å². The molecule has 0 aromatic carbocycles. The van der Waals surface area contributed by atoms with Crippen molar-refractivity contribution >= 4 is 8.80 Å². The molecule has 0 rings (SSSR count). The van der Waals surface area contributed by atoms with Gasteiger partial charge in [-0.2, -0.15) is 0 Å². The molecule has 0 N–H and O–H groups in total. The molecule has 0 bridgehead atoms. The highest BCUT2D eigenvalue weighted by molar-refractivity contribution is 6.60. The summed E-state index contributed by atoms with van der Waals surface area (Å²) in [7, 11) is -2.50. The summed E-state index contributed by atoms with van der Waals surface area (Å²) in [5.41, 5.74) is 0. The second kappa shape index (κ2) is 13.1. The fraction of sp³-hybridized carbons (Fsp3) is 1.00. The van der Waals surface area contributed by atoms with Crippen LogP contribution >= 0.6 is 0 Å². The van der Waals surface area contributed by atoms with E-state index in [1.165, 1.54) is 19.3 Å². The highest BCUT2D eigenvalue weighted by atomic mass is 28.4. The monoisotopic (exact) mass is 292 g/mol. The van der Waals surface area contributed by atoms with Gasteiger partial charge < -0.3 is 18.0 Å². The number of hydrogen-bond donors (Lipinski definition) is 0. The zero-order valence-electron chi connectivity index (χ0n) is 13.2. The van der Waals surface area contributed by atoms with Crippen LogP contribution < -0.4 is 0 Å². The highest BCUT2D eigenvalue weighted by Crippen LogP contribution is 2.16. The zero-order valence-corrected chi connectivity index (χ0v) is 14.2. The minimum absolute atomic E-state index is 0.628. The quantitative estimate of drug-likeness (QED) is 0.362. The van der Waals surface area contributed by atoms with Crippen molar-refractivity contribution < 1.29 is 18.0 Å². The van der Waals surface area contributed by atoms with Crippen molar-refractivity contribution in [2.45, 2.75) is 59.4 Å². The third-order valence-corrected chi connectivity index (χ3v) is 5.79. The minimum atomic E-state index is -2.50. The third kappa shape index (κ3) is 9.57. The SMILES string of the molecule is CCCCCCOCC[Si](OCC)(OCC)OCC. The Kier molecular flexibility index (Phi) is 13.1. The first-order valence-corrected chi connectivity index (χ1v) is 9.67. The molecule has 0 amide bonds. The van der Waals surface area contributed by atoms with Crippen LogP contribution in [0.2, 0.25) is 6.04 Å². The summed E-state index contributed by atoms with van der Waals surface area (Å²) in [4.78, 5) is 0. The summed E-state index contributed by atoms with van der Waals surface area (Å²) in [5.74, 6) is 0. The van der Waals surface area contributed by atoms with E-state index in [4.69, 9.17) is 18.0 Å². The lowest BCUT2D eigenvalue weighted by Gasteiger charge is -2.28. The maximum absolute atomic E-state index is 5.77. The first kappa shape index (κ1) is 19.1. The summed E-state index contributed by atoms with van der Waals surface area (Å²) >= 11 is 0. The molecule has 0 aromatic heterocycles. The molecule has 0 aliphatic carbocycles. The molecule has 0 aromatic rings. The number of ether oxygens (including phenoxy) is 1. The molecule has 0 heterocycles. The Morgan fingerprint density at radius 3 is 1.74 bits per heavy atom. The van der Waals surface area contributed by atoms with Crippen LogP contribution in [0, 0.1) is 0 Å². The maximum atomic E-state index is 5.77. The minimum Gasteiger partial charge on any atom is -0.381 e. The van der Waals surface area contributed by atoms with Crippen LogP contribution in [-0.4, -0.2) is 41.8 Å². The van der Waals surface area contributed by atoms with Crippen molar-refractivity contribution in [1.29, 1.82) is 0 Å². The molecule has 0 saturated heterocycles. The fourth-order valence-corrected chi connectivity index (χ4v) is 4.33. The largest absolute Gasteiger partial charge is 0.503 e. The first-order valence-electron chi connectivity index (χ1n) is 7.74. The van der Waals surface area contributed by atoms with Crippen LogP contribution in [0.25, 0.3) is 0 Å². The van der Waals surface area contributed by atoms with Crippen LogP contribution in [0.3, 0.4) is 0 Å². The molecular formula is C14H32O4Si. The predicted molar refractivity (Wildman–Crippen MR) is 80.4 cm³/mol. The van der Waals surface area contributed by atoms with Crippen molar-refractivity contribution in [3.63, 3.8) is 0 Å².